The standard InChI is InChI=1S/C26H46N4O/c1-2-3-4-5-6-7-8-9-10-11-12-13-14-15-18-23-24(31)25(29-19-16-20-29)28-26(27-23)30-21-17-22-30/h31H,2-22H2,1H3. The summed E-state index contributed by atoms with van der Waals surface area (Å²) >= 11 is 0. The molecule has 0 bridgehead atoms. The van der Waals surface area contributed by atoms with E-state index < -0.39 is 0 Å². The minimum atomic E-state index is 0.332. The van der Waals surface area contributed by atoms with Crippen LogP contribution in [0.5, 0.6) is 5.75 Å². The highest BCUT2D eigenvalue weighted by atomic mass is 16.3. The molecule has 0 spiro atoms. The van der Waals surface area contributed by atoms with E-state index in [1.165, 1.54) is 96.3 Å². The van der Waals surface area contributed by atoms with Crippen molar-refractivity contribution in [3.63, 3.8) is 0 Å². The van der Waals surface area contributed by atoms with Gasteiger partial charge < -0.3 is 14.9 Å². The van der Waals surface area contributed by atoms with Crippen molar-refractivity contribution in [2.24, 2.45) is 0 Å². The zero-order chi connectivity index (χ0) is 21.7. The molecule has 2 fully saturated rings. The molecule has 0 unspecified atom stereocenters. The molecule has 2 saturated heterocycles. The summed E-state index contributed by atoms with van der Waals surface area (Å²) in [6.07, 6.45) is 22.4. The zero-order valence-electron chi connectivity index (χ0n) is 20.1. The van der Waals surface area contributed by atoms with Crippen molar-refractivity contribution in [3.8, 4) is 5.75 Å². The number of hydrogen-bond donors (Lipinski definition) is 1. The van der Waals surface area contributed by atoms with Crippen molar-refractivity contribution < 1.29 is 5.11 Å². The Morgan fingerprint density at radius 2 is 1.13 bits per heavy atom. The predicted molar refractivity (Wildman–Crippen MR) is 131 cm³/mol. The number of aromatic nitrogens is 2. The smallest absolute Gasteiger partial charge is 0.227 e. The lowest BCUT2D eigenvalue weighted by molar-refractivity contribution is 0.449. The summed E-state index contributed by atoms with van der Waals surface area (Å²) in [6.45, 7) is 6.38. The van der Waals surface area contributed by atoms with Crippen LogP contribution in [0.15, 0.2) is 0 Å². The summed E-state index contributed by atoms with van der Waals surface area (Å²) in [5, 5.41) is 10.7. The maximum Gasteiger partial charge on any atom is 0.227 e. The molecule has 5 heteroatoms. The molecule has 0 amide bonds. The number of rotatable bonds is 17. The summed E-state index contributed by atoms with van der Waals surface area (Å²) in [6, 6.07) is 0. The SMILES string of the molecule is CCCCCCCCCCCCCCCCc1nc(N2CCC2)nc(N2CCC2)c1O. The van der Waals surface area contributed by atoms with Gasteiger partial charge in [-0.3, -0.25) is 0 Å². The van der Waals surface area contributed by atoms with E-state index in [0.29, 0.717) is 5.75 Å². The van der Waals surface area contributed by atoms with Crippen LogP contribution in [0.2, 0.25) is 0 Å². The third-order valence-corrected chi connectivity index (χ3v) is 6.99. The second-order valence-corrected chi connectivity index (χ2v) is 9.67. The summed E-state index contributed by atoms with van der Waals surface area (Å²) in [7, 11) is 0. The molecular weight excluding hydrogens is 384 g/mol. The number of aromatic hydroxyl groups is 1. The number of aryl methyl sites for hydroxylation is 1. The molecule has 176 valence electrons. The first-order chi connectivity index (χ1) is 15.3. The van der Waals surface area contributed by atoms with E-state index in [2.05, 4.69) is 21.7 Å². The van der Waals surface area contributed by atoms with Gasteiger partial charge in [-0.05, 0) is 25.7 Å². The van der Waals surface area contributed by atoms with E-state index in [-0.39, 0.29) is 0 Å². The molecular formula is C26H46N4O. The second-order valence-electron chi connectivity index (χ2n) is 9.67. The van der Waals surface area contributed by atoms with E-state index in [4.69, 9.17) is 4.98 Å². The first kappa shape index (κ1) is 24.1. The van der Waals surface area contributed by atoms with Gasteiger partial charge in [0, 0.05) is 26.2 Å². The molecule has 3 heterocycles. The molecule has 2 aliphatic heterocycles. The molecule has 1 N–H and O–H groups in total. The normalized spacial score (nSPS) is 15.8. The third-order valence-electron chi connectivity index (χ3n) is 6.99. The van der Waals surface area contributed by atoms with Crippen molar-refractivity contribution in [2.45, 2.75) is 116 Å². The molecule has 1 aromatic heterocycles. The molecule has 0 aromatic carbocycles. The van der Waals surface area contributed by atoms with Gasteiger partial charge in [-0.2, -0.15) is 4.98 Å². The van der Waals surface area contributed by atoms with Gasteiger partial charge in [0.15, 0.2) is 11.6 Å². The monoisotopic (exact) mass is 430 g/mol. The summed E-state index contributed by atoms with van der Waals surface area (Å²) in [4.78, 5) is 13.8. The number of hydrogen-bond acceptors (Lipinski definition) is 5. The average Bonchev–Trinajstić information content (AvgIpc) is 2.68. The molecule has 1 aromatic rings. The van der Waals surface area contributed by atoms with Gasteiger partial charge in [0.05, 0.1) is 5.69 Å². The van der Waals surface area contributed by atoms with Gasteiger partial charge in [-0.25, -0.2) is 4.98 Å². The van der Waals surface area contributed by atoms with Gasteiger partial charge in [-0.1, -0.05) is 90.4 Å². The van der Waals surface area contributed by atoms with Crippen LogP contribution in [-0.4, -0.2) is 41.3 Å². The van der Waals surface area contributed by atoms with Crippen LogP contribution >= 0.6 is 0 Å². The molecule has 0 radical (unpaired) electrons. The lowest BCUT2D eigenvalue weighted by Gasteiger charge is -2.35. The van der Waals surface area contributed by atoms with E-state index in [0.717, 1.165) is 56.5 Å². The number of unbranched alkanes of at least 4 members (excludes halogenated alkanes) is 13. The van der Waals surface area contributed by atoms with Gasteiger partial charge in [0.25, 0.3) is 0 Å². The topological polar surface area (TPSA) is 52.5 Å². The van der Waals surface area contributed by atoms with Crippen LogP contribution in [0.1, 0.15) is 115 Å². The minimum Gasteiger partial charge on any atom is -0.503 e. The Labute approximate surface area is 190 Å². The maximum absolute atomic E-state index is 10.7. The van der Waals surface area contributed by atoms with Gasteiger partial charge in [0.1, 0.15) is 0 Å². The highest BCUT2D eigenvalue weighted by Gasteiger charge is 2.26. The Morgan fingerprint density at radius 3 is 1.58 bits per heavy atom. The van der Waals surface area contributed by atoms with Crippen LogP contribution in [0, 0.1) is 0 Å². The Balaban J connectivity index is 1.27. The first-order valence-electron chi connectivity index (χ1n) is 13.4. The van der Waals surface area contributed by atoms with E-state index in [1.54, 1.807) is 0 Å². The molecule has 2 aliphatic rings. The Bertz CT molecular complexity index is 628. The number of anilines is 2. The minimum absolute atomic E-state index is 0.332. The highest BCUT2D eigenvalue weighted by molar-refractivity contribution is 5.59. The summed E-state index contributed by atoms with van der Waals surface area (Å²) in [5.74, 6) is 1.92. The van der Waals surface area contributed by atoms with E-state index in [1.807, 2.05) is 0 Å². The fraction of sp³-hybridized carbons (Fsp3) is 0.846. The fourth-order valence-corrected chi connectivity index (χ4v) is 4.54. The molecule has 0 saturated carbocycles. The van der Waals surface area contributed by atoms with E-state index in [9.17, 15) is 5.11 Å². The van der Waals surface area contributed by atoms with Crippen LogP contribution in [-0.2, 0) is 6.42 Å². The van der Waals surface area contributed by atoms with Crippen molar-refractivity contribution in [2.75, 3.05) is 36.0 Å². The first-order valence-corrected chi connectivity index (χ1v) is 13.4. The number of nitrogens with zero attached hydrogens (tertiary/aromatic N) is 4. The van der Waals surface area contributed by atoms with Crippen molar-refractivity contribution >= 4 is 11.8 Å². The van der Waals surface area contributed by atoms with E-state index >= 15 is 0 Å². The molecule has 31 heavy (non-hydrogen) atoms. The quantitative estimate of drug-likeness (QED) is 0.281. The predicted octanol–water partition coefficient (Wildman–Crippen LogP) is 6.63. The summed E-state index contributed by atoms with van der Waals surface area (Å²) < 4.78 is 0. The Hall–Kier alpha value is -1.52. The van der Waals surface area contributed by atoms with Crippen molar-refractivity contribution in [3.05, 3.63) is 5.69 Å². The lowest BCUT2D eigenvalue weighted by atomic mass is 10.0. The Morgan fingerprint density at radius 1 is 0.645 bits per heavy atom. The Kier molecular flexibility index (Phi) is 10.7. The summed E-state index contributed by atoms with van der Waals surface area (Å²) in [5.41, 5.74) is 0.859. The van der Waals surface area contributed by atoms with Crippen LogP contribution in [0.25, 0.3) is 0 Å². The van der Waals surface area contributed by atoms with Crippen LogP contribution < -0.4 is 9.80 Å². The van der Waals surface area contributed by atoms with Crippen molar-refractivity contribution in [1.29, 1.82) is 0 Å². The fourth-order valence-electron chi connectivity index (χ4n) is 4.54. The van der Waals surface area contributed by atoms with Crippen LogP contribution in [0.4, 0.5) is 11.8 Å². The van der Waals surface area contributed by atoms with Gasteiger partial charge in [-0.15, -0.1) is 0 Å². The average molecular weight is 431 g/mol. The molecule has 5 nitrogen and oxygen atoms in total. The maximum atomic E-state index is 10.7. The lowest BCUT2D eigenvalue weighted by Crippen LogP contribution is -2.41. The molecule has 0 aliphatic carbocycles. The second kappa shape index (κ2) is 13.8. The van der Waals surface area contributed by atoms with Gasteiger partial charge in [0.2, 0.25) is 5.95 Å². The van der Waals surface area contributed by atoms with Crippen molar-refractivity contribution in [1.82, 2.24) is 9.97 Å². The zero-order valence-corrected chi connectivity index (χ0v) is 20.1. The third kappa shape index (κ3) is 7.84. The van der Waals surface area contributed by atoms with Crippen LogP contribution in [0.3, 0.4) is 0 Å². The molecule has 0 atom stereocenters. The highest BCUT2D eigenvalue weighted by Crippen LogP contribution is 2.34. The molecule has 3 rings (SSSR count). The van der Waals surface area contributed by atoms with Gasteiger partial charge >= 0.3 is 0 Å². The largest absolute Gasteiger partial charge is 0.503 e.